The number of halogens is 1. The molecule has 1 aliphatic carbocycles. The molecule has 1 aromatic rings. The van der Waals surface area contributed by atoms with Gasteiger partial charge in [-0.05, 0) is 49.1 Å². The van der Waals surface area contributed by atoms with Crippen LogP contribution in [0.15, 0.2) is 30.3 Å². The highest BCUT2D eigenvalue weighted by Gasteiger charge is 2.30. The van der Waals surface area contributed by atoms with Gasteiger partial charge in [0.15, 0.2) is 0 Å². The molecule has 2 unspecified atom stereocenters. The quantitative estimate of drug-likeness (QED) is 0.867. The topological polar surface area (TPSA) is 46.3 Å². The fourth-order valence-electron chi connectivity index (χ4n) is 2.82. The molecule has 0 heterocycles. The first kappa shape index (κ1) is 15.1. The van der Waals surface area contributed by atoms with Crippen LogP contribution in [0.2, 0.25) is 5.02 Å². The highest BCUT2D eigenvalue weighted by molar-refractivity contribution is 6.30. The number of hydrogen-bond acceptors (Lipinski definition) is 2. The Morgan fingerprint density at radius 2 is 2.10 bits per heavy atom. The van der Waals surface area contributed by atoms with Crippen molar-refractivity contribution in [3.05, 3.63) is 40.9 Å². The zero-order valence-corrected chi connectivity index (χ0v) is 12.5. The highest BCUT2D eigenvalue weighted by Crippen LogP contribution is 2.28. The van der Waals surface area contributed by atoms with Crippen molar-refractivity contribution in [3.63, 3.8) is 0 Å². The van der Waals surface area contributed by atoms with Crippen molar-refractivity contribution in [2.45, 2.75) is 25.3 Å². The second kappa shape index (κ2) is 6.91. The number of nitrogens with zero attached hydrogens (tertiary/aromatic N) is 1. The minimum absolute atomic E-state index is 0.0327. The average molecular weight is 293 g/mol. The molecule has 0 saturated heterocycles. The van der Waals surface area contributed by atoms with Crippen LogP contribution in [0, 0.1) is 5.92 Å². The largest absolute Gasteiger partial charge is 0.339 e. The molecule has 0 bridgehead atoms. The maximum absolute atomic E-state index is 12.2. The number of nitrogens with two attached hydrogens (primary N) is 1. The summed E-state index contributed by atoms with van der Waals surface area (Å²) < 4.78 is 0. The molecule has 3 nitrogen and oxygen atoms in total. The first-order chi connectivity index (χ1) is 9.61. The molecule has 4 heteroatoms. The van der Waals surface area contributed by atoms with E-state index in [2.05, 4.69) is 0 Å². The van der Waals surface area contributed by atoms with Crippen molar-refractivity contribution in [2.75, 3.05) is 13.6 Å². The van der Waals surface area contributed by atoms with E-state index < -0.39 is 0 Å². The minimum Gasteiger partial charge on any atom is -0.339 e. The maximum Gasteiger partial charge on any atom is 0.246 e. The van der Waals surface area contributed by atoms with E-state index in [0.29, 0.717) is 17.5 Å². The predicted octanol–water partition coefficient (Wildman–Crippen LogP) is 2.94. The van der Waals surface area contributed by atoms with Gasteiger partial charge in [0.05, 0.1) is 0 Å². The molecule has 0 aromatic heterocycles. The highest BCUT2D eigenvalue weighted by atomic mass is 35.5. The Morgan fingerprint density at radius 1 is 1.40 bits per heavy atom. The number of amides is 1. The summed E-state index contributed by atoms with van der Waals surface area (Å²) in [5.74, 6) is 0.471. The van der Waals surface area contributed by atoms with Crippen LogP contribution in [0.4, 0.5) is 0 Å². The number of rotatable bonds is 4. The minimum atomic E-state index is 0.0327. The molecule has 108 valence electrons. The third-order valence-corrected chi connectivity index (χ3v) is 4.31. The van der Waals surface area contributed by atoms with Crippen molar-refractivity contribution in [1.29, 1.82) is 0 Å². The van der Waals surface area contributed by atoms with Crippen molar-refractivity contribution >= 4 is 23.6 Å². The van der Waals surface area contributed by atoms with Gasteiger partial charge in [-0.15, -0.1) is 0 Å². The smallest absolute Gasteiger partial charge is 0.246 e. The van der Waals surface area contributed by atoms with E-state index in [1.807, 2.05) is 42.3 Å². The zero-order chi connectivity index (χ0) is 14.5. The molecule has 0 radical (unpaired) electrons. The number of carbonyl (C=O) groups excluding carboxylic acids is 1. The molecular formula is C16H21ClN2O. The first-order valence-electron chi connectivity index (χ1n) is 7.02. The monoisotopic (exact) mass is 292 g/mol. The predicted molar refractivity (Wildman–Crippen MR) is 83.4 cm³/mol. The number of carbonyl (C=O) groups is 1. The third kappa shape index (κ3) is 3.62. The van der Waals surface area contributed by atoms with Crippen LogP contribution in [0.1, 0.15) is 24.8 Å². The molecule has 1 amide bonds. The maximum atomic E-state index is 12.2. The second-order valence-electron chi connectivity index (χ2n) is 5.33. The standard InChI is InChI=1S/C16H21ClN2O/c1-19(15-4-2-3-13(15)11-18)16(20)10-7-12-5-8-14(17)9-6-12/h5-10,13,15H,2-4,11,18H2,1H3. The van der Waals surface area contributed by atoms with Crippen LogP contribution in [-0.2, 0) is 4.79 Å². The lowest BCUT2D eigenvalue weighted by Gasteiger charge is -2.28. The Bertz CT molecular complexity index is 484. The Labute approximate surface area is 125 Å². The molecule has 20 heavy (non-hydrogen) atoms. The first-order valence-corrected chi connectivity index (χ1v) is 7.40. The van der Waals surface area contributed by atoms with Crippen molar-refractivity contribution in [3.8, 4) is 0 Å². The number of hydrogen-bond donors (Lipinski definition) is 1. The Balaban J connectivity index is 1.98. The number of likely N-dealkylation sites (N-methyl/N-ethyl adjacent to an activating group) is 1. The molecule has 0 aliphatic heterocycles. The van der Waals surface area contributed by atoms with Gasteiger partial charge in [-0.2, -0.15) is 0 Å². The molecule has 2 N–H and O–H groups in total. The van der Waals surface area contributed by atoms with Crippen LogP contribution < -0.4 is 5.73 Å². The van der Waals surface area contributed by atoms with Crippen LogP contribution in [0.3, 0.4) is 0 Å². The Morgan fingerprint density at radius 3 is 2.75 bits per heavy atom. The SMILES string of the molecule is CN(C(=O)C=Cc1ccc(Cl)cc1)C1CCCC1CN. The summed E-state index contributed by atoms with van der Waals surface area (Å²) in [7, 11) is 1.87. The van der Waals surface area contributed by atoms with E-state index in [1.54, 1.807) is 6.08 Å². The van der Waals surface area contributed by atoms with Gasteiger partial charge in [-0.3, -0.25) is 4.79 Å². The van der Waals surface area contributed by atoms with Gasteiger partial charge in [0.25, 0.3) is 0 Å². The Hall–Kier alpha value is -1.32. The summed E-state index contributed by atoms with van der Waals surface area (Å²) >= 11 is 5.83. The molecule has 2 rings (SSSR count). The fraction of sp³-hybridized carbons (Fsp3) is 0.438. The summed E-state index contributed by atoms with van der Waals surface area (Å²) in [6, 6.07) is 7.70. The molecule has 0 spiro atoms. The fourth-order valence-corrected chi connectivity index (χ4v) is 2.95. The van der Waals surface area contributed by atoms with E-state index in [4.69, 9.17) is 17.3 Å². The van der Waals surface area contributed by atoms with Gasteiger partial charge in [-0.1, -0.05) is 30.2 Å². The van der Waals surface area contributed by atoms with E-state index in [0.717, 1.165) is 24.8 Å². The Kier molecular flexibility index (Phi) is 5.21. The summed E-state index contributed by atoms with van der Waals surface area (Å²) in [5, 5.41) is 0.697. The lowest BCUT2D eigenvalue weighted by atomic mass is 10.0. The van der Waals surface area contributed by atoms with Crippen LogP contribution >= 0.6 is 11.6 Å². The van der Waals surface area contributed by atoms with Crippen molar-refractivity contribution < 1.29 is 4.79 Å². The second-order valence-corrected chi connectivity index (χ2v) is 5.76. The van der Waals surface area contributed by atoms with Gasteiger partial charge < -0.3 is 10.6 Å². The van der Waals surface area contributed by atoms with Gasteiger partial charge in [0.1, 0.15) is 0 Å². The zero-order valence-electron chi connectivity index (χ0n) is 11.8. The van der Waals surface area contributed by atoms with Crippen molar-refractivity contribution in [1.82, 2.24) is 4.90 Å². The molecule has 1 fully saturated rings. The molecular weight excluding hydrogens is 272 g/mol. The number of benzene rings is 1. The summed E-state index contributed by atoms with van der Waals surface area (Å²) in [6.45, 7) is 0.656. The van der Waals surface area contributed by atoms with E-state index in [1.165, 1.54) is 0 Å². The summed E-state index contributed by atoms with van der Waals surface area (Å²) in [6.07, 6.45) is 6.78. The molecule has 1 aliphatic rings. The lowest BCUT2D eigenvalue weighted by Crippen LogP contribution is -2.40. The normalized spacial score (nSPS) is 22.4. The van der Waals surface area contributed by atoms with E-state index >= 15 is 0 Å². The average Bonchev–Trinajstić information content (AvgIpc) is 2.94. The molecule has 1 aromatic carbocycles. The summed E-state index contributed by atoms with van der Waals surface area (Å²) in [5.41, 5.74) is 6.74. The van der Waals surface area contributed by atoms with E-state index in [9.17, 15) is 4.79 Å². The van der Waals surface area contributed by atoms with Gasteiger partial charge >= 0.3 is 0 Å². The van der Waals surface area contributed by atoms with Gasteiger partial charge in [-0.25, -0.2) is 0 Å². The van der Waals surface area contributed by atoms with Crippen LogP contribution in [0.25, 0.3) is 6.08 Å². The molecule has 1 saturated carbocycles. The van der Waals surface area contributed by atoms with Gasteiger partial charge in [0.2, 0.25) is 5.91 Å². The van der Waals surface area contributed by atoms with Crippen LogP contribution in [-0.4, -0.2) is 30.4 Å². The van der Waals surface area contributed by atoms with Crippen LogP contribution in [0.5, 0.6) is 0 Å². The lowest BCUT2D eigenvalue weighted by molar-refractivity contribution is -0.127. The third-order valence-electron chi connectivity index (χ3n) is 4.06. The molecule has 2 atom stereocenters. The van der Waals surface area contributed by atoms with Gasteiger partial charge in [0, 0.05) is 24.2 Å². The summed E-state index contributed by atoms with van der Waals surface area (Å²) in [4.78, 5) is 14.0. The van der Waals surface area contributed by atoms with Crippen molar-refractivity contribution in [2.24, 2.45) is 11.7 Å². The van der Waals surface area contributed by atoms with E-state index in [-0.39, 0.29) is 11.9 Å².